The van der Waals surface area contributed by atoms with E-state index in [0.29, 0.717) is 0 Å². The fourth-order valence-corrected chi connectivity index (χ4v) is 4.74. The Hall–Kier alpha value is -2.33. The van der Waals surface area contributed by atoms with Crippen molar-refractivity contribution in [3.63, 3.8) is 0 Å². The summed E-state index contributed by atoms with van der Waals surface area (Å²) in [7, 11) is 2.19. The van der Waals surface area contributed by atoms with Gasteiger partial charge in [-0.3, -0.25) is 0 Å². The molecule has 4 nitrogen and oxygen atoms in total. The highest BCUT2D eigenvalue weighted by Crippen LogP contribution is 2.49. The molecule has 0 N–H and O–H groups in total. The molecule has 1 spiro atoms. The highest BCUT2D eigenvalue weighted by atomic mass is 16.5. The predicted octanol–water partition coefficient (Wildman–Crippen LogP) is 4.27. The standard InChI is InChI=1S/C23H27N3O/c1-16-8-9-17(2)19(14-16)20-15-21-18-6-4-5-7-22(18)27-23(26(21)24-20)10-12-25(3)13-11-23/h4-9,14,21H,10-13,15H2,1-3H3/t21-/m1/s1. The van der Waals surface area contributed by atoms with Crippen LogP contribution in [0.25, 0.3) is 0 Å². The van der Waals surface area contributed by atoms with Crippen LogP contribution in [0, 0.1) is 13.8 Å². The van der Waals surface area contributed by atoms with Gasteiger partial charge >= 0.3 is 0 Å². The number of ether oxygens (including phenoxy) is 1. The molecule has 0 radical (unpaired) electrons. The Bertz CT molecular complexity index is 912. The molecule has 0 aliphatic carbocycles. The molecule has 5 rings (SSSR count). The number of nitrogens with zero attached hydrogens (tertiary/aromatic N) is 3. The van der Waals surface area contributed by atoms with E-state index in [1.807, 2.05) is 0 Å². The van der Waals surface area contributed by atoms with Crippen molar-refractivity contribution in [3.05, 3.63) is 64.7 Å². The van der Waals surface area contributed by atoms with Crippen LogP contribution in [-0.4, -0.2) is 41.5 Å². The lowest BCUT2D eigenvalue weighted by Gasteiger charge is -2.50. The number of hydrogen-bond acceptors (Lipinski definition) is 4. The average molecular weight is 361 g/mol. The number of fused-ring (bicyclic) bond motifs is 4. The maximum Gasteiger partial charge on any atom is 0.200 e. The lowest BCUT2D eigenvalue weighted by atomic mass is 9.90. The maximum absolute atomic E-state index is 6.65. The number of piperidine rings is 1. The van der Waals surface area contributed by atoms with E-state index >= 15 is 0 Å². The van der Waals surface area contributed by atoms with E-state index < -0.39 is 0 Å². The SMILES string of the molecule is Cc1ccc(C)c(C2=NN3[C@H](C2)c2ccccc2OC32CCN(C)CC2)c1. The molecule has 0 bridgehead atoms. The molecule has 140 valence electrons. The number of para-hydroxylation sites is 1. The van der Waals surface area contributed by atoms with Gasteiger partial charge in [-0.25, -0.2) is 5.01 Å². The van der Waals surface area contributed by atoms with E-state index in [2.05, 4.69) is 73.3 Å². The molecular formula is C23H27N3O. The largest absolute Gasteiger partial charge is 0.466 e. The molecule has 0 unspecified atom stereocenters. The van der Waals surface area contributed by atoms with Crippen LogP contribution in [0.15, 0.2) is 47.6 Å². The number of likely N-dealkylation sites (tertiary alicyclic amines) is 1. The molecule has 3 aliphatic heterocycles. The van der Waals surface area contributed by atoms with Crippen LogP contribution >= 0.6 is 0 Å². The topological polar surface area (TPSA) is 28.1 Å². The van der Waals surface area contributed by atoms with Crippen LogP contribution in [0.1, 0.15) is 47.6 Å². The minimum Gasteiger partial charge on any atom is -0.466 e. The van der Waals surface area contributed by atoms with Crippen LogP contribution in [0.2, 0.25) is 0 Å². The third-order valence-corrected chi connectivity index (χ3v) is 6.38. The molecule has 0 saturated carbocycles. The monoisotopic (exact) mass is 361 g/mol. The lowest BCUT2D eigenvalue weighted by Crippen LogP contribution is -2.58. The number of rotatable bonds is 1. The molecular weight excluding hydrogens is 334 g/mol. The minimum absolute atomic E-state index is 0.272. The average Bonchev–Trinajstić information content (AvgIpc) is 3.13. The van der Waals surface area contributed by atoms with Crippen molar-refractivity contribution in [1.29, 1.82) is 0 Å². The normalized spacial score (nSPS) is 23.6. The Morgan fingerprint density at radius 3 is 2.67 bits per heavy atom. The Balaban J connectivity index is 1.60. The summed E-state index contributed by atoms with van der Waals surface area (Å²) in [6, 6.07) is 15.5. The summed E-state index contributed by atoms with van der Waals surface area (Å²) in [5.74, 6) is 1.04. The van der Waals surface area contributed by atoms with Gasteiger partial charge in [-0.2, -0.15) is 5.10 Å². The van der Waals surface area contributed by atoms with Gasteiger partial charge in [0.15, 0.2) is 0 Å². The summed E-state index contributed by atoms with van der Waals surface area (Å²) in [5, 5.41) is 7.49. The Labute approximate surface area is 161 Å². The number of aryl methyl sites for hydroxylation is 2. The summed E-state index contributed by atoms with van der Waals surface area (Å²) in [4.78, 5) is 2.38. The second kappa shape index (κ2) is 6.10. The third-order valence-electron chi connectivity index (χ3n) is 6.38. The smallest absolute Gasteiger partial charge is 0.200 e. The second-order valence-electron chi connectivity index (χ2n) is 8.32. The number of benzene rings is 2. The Morgan fingerprint density at radius 2 is 1.85 bits per heavy atom. The predicted molar refractivity (Wildman–Crippen MR) is 108 cm³/mol. The first-order valence-electron chi connectivity index (χ1n) is 9.97. The minimum atomic E-state index is -0.314. The molecule has 1 fully saturated rings. The fourth-order valence-electron chi connectivity index (χ4n) is 4.74. The van der Waals surface area contributed by atoms with Crippen LogP contribution in [0.5, 0.6) is 5.75 Å². The van der Waals surface area contributed by atoms with Crippen molar-refractivity contribution in [2.24, 2.45) is 5.10 Å². The van der Waals surface area contributed by atoms with E-state index in [4.69, 9.17) is 9.84 Å². The van der Waals surface area contributed by atoms with Crippen molar-refractivity contribution in [2.75, 3.05) is 20.1 Å². The van der Waals surface area contributed by atoms with Gasteiger partial charge in [0, 0.05) is 43.5 Å². The number of hydrogen-bond donors (Lipinski definition) is 0. The first-order valence-corrected chi connectivity index (χ1v) is 9.97. The highest BCUT2D eigenvalue weighted by Gasteiger charge is 2.51. The van der Waals surface area contributed by atoms with Crippen molar-refractivity contribution >= 4 is 5.71 Å². The van der Waals surface area contributed by atoms with Crippen molar-refractivity contribution in [3.8, 4) is 5.75 Å². The molecule has 3 aliphatic rings. The van der Waals surface area contributed by atoms with Crippen LogP contribution in [0.4, 0.5) is 0 Å². The van der Waals surface area contributed by atoms with E-state index in [-0.39, 0.29) is 11.8 Å². The van der Waals surface area contributed by atoms with Gasteiger partial charge in [0.25, 0.3) is 0 Å². The molecule has 27 heavy (non-hydrogen) atoms. The van der Waals surface area contributed by atoms with Gasteiger partial charge in [-0.15, -0.1) is 0 Å². The molecule has 4 heteroatoms. The molecule has 2 aromatic carbocycles. The molecule has 2 aromatic rings. The summed E-state index contributed by atoms with van der Waals surface area (Å²) in [6.07, 6.45) is 2.91. The maximum atomic E-state index is 6.65. The summed E-state index contributed by atoms with van der Waals surface area (Å²) in [6.45, 7) is 6.42. The summed E-state index contributed by atoms with van der Waals surface area (Å²) in [5.41, 5.74) is 6.01. The highest BCUT2D eigenvalue weighted by molar-refractivity contribution is 6.03. The first-order chi connectivity index (χ1) is 13.1. The van der Waals surface area contributed by atoms with E-state index in [1.165, 1.54) is 28.0 Å². The fraction of sp³-hybridized carbons (Fsp3) is 0.435. The van der Waals surface area contributed by atoms with Gasteiger partial charge in [0.2, 0.25) is 5.72 Å². The van der Waals surface area contributed by atoms with Crippen LogP contribution < -0.4 is 4.74 Å². The van der Waals surface area contributed by atoms with E-state index in [9.17, 15) is 0 Å². The molecule has 1 atom stereocenters. The number of hydrazone groups is 1. The molecule has 1 saturated heterocycles. The van der Waals surface area contributed by atoms with Gasteiger partial charge in [0.1, 0.15) is 5.75 Å². The molecule has 0 aromatic heterocycles. The van der Waals surface area contributed by atoms with E-state index in [1.54, 1.807) is 0 Å². The Kier molecular flexibility index (Phi) is 3.80. The quantitative estimate of drug-likeness (QED) is 0.759. The van der Waals surface area contributed by atoms with Gasteiger partial charge in [-0.1, -0.05) is 35.9 Å². The Morgan fingerprint density at radius 1 is 1.07 bits per heavy atom. The molecule has 0 amide bonds. The van der Waals surface area contributed by atoms with Crippen molar-refractivity contribution in [1.82, 2.24) is 9.91 Å². The zero-order valence-electron chi connectivity index (χ0n) is 16.4. The third kappa shape index (κ3) is 2.66. The van der Waals surface area contributed by atoms with Gasteiger partial charge in [-0.05, 0) is 38.6 Å². The van der Waals surface area contributed by atoms with Crippen LogP contribution in [0.3, 0.4) is 0 Å². The van der Waals surface area contributed by atoms with E-state index in [0.717, 1.165) is 38.1 Å². The molecule has 3 heterocycles. The first kappa shape index (κ1) is 16.8. The lowest BCUT2D eigenvalue weighted by molar-refractivity contribution is -0.147. The van der Waals surface area contributed by atoms with Crippen LogP contribution in [-0.2, 0) is 0 Å². The zero-order valence-corrected chi connectivity index (χ0v) is 16.4. The van der Waals surface area contributed by atoms with Gasteiger partial charge in [0.05, 0.1) is 11.8 Å². The van der Waals surface area contributed by atoms with Crippen molar-refractivity contribution in [2.45, 2.75) is 44.9 Å². The summed E-state index contributed by atoms with van der Waals surface area (Å²) >= 11 is 0. The zero-order chi connectivity index (χ0) is 18.6. The summed E-state index contributed by atoms with van der Waals surface area (Å²) < 4.78 is 6.65. The van der Waals surface area contributed by atoms with Crippen molar-refractivity contribution < 1.29 is 4.74 Å². The van der Waals surface area contributed by atoms with Gasteiger partial charge < -0.3 is 9.64 Å². The second-order valence-corrected chi connectivity index (χ2v) is 8.32.